The zero-order valence-electron chi connectivity index (χ0n) is 9.16. The van der Waals surface area contributed by atoms with Gasteiger partial charge in [-0.3, -0.25) is 0 Å². The van der Waals surface area contributed by atoms with E-state index < -0.39 is 0 Å². The highest BCUT2D eigenvalue weighted by Gasteiger charge is 2.02. The molecule has 3 nitrogen and oxygen atoms in total. The lowest BCUT2D eigenvalue weighted by atomic mass is 10.1. The van der Waals surface area contributed by atoms with Gasteiger partial charge in [-0.15, -0.1) is 10.2 Å². The van der Waals surface area contributed by atoms with Crippen LogP contribution in [0, 0.1) is 13.8 Å². The number of nitrogens with zero attached hydrogens (tertiary/aromatic N) is 2. The van der Waals surface area contributed by atoms with E-state index in [2.05, 4.69) is 35.4 Å². The number of halogens is 1. The molecule has 16 heavy (non-hydrogen) atoms. The summed E-state index contributed by atoms with van der Waals surface area (Å²) in [4.78, 5) is 0. The quantitative estimate of drug-likeness (QED) is 0.863. The summed E-state index contributed by atoms with van der Waals surface area (Å²) in [7, 11) is 0. The van der Waals surface area contributed by atoms with Gasteiger partial charge >= 0.3 is 0 Å². The summed E-state index contributed by atoms with van der Waals surface area (Å²) in [5.41, 5.74) is 3.49. The van der Waals surface area contributed by atoms with Crippen molar-refractivity contribution in [3.8, 4) is 0 Å². The van der Waals surface area contributed by atoms with Crippen molar-refractivity contribution in [2.24, 2.45) is 0 Å². The van der Waals surface area contributed by atoms with Crippen LogP contribution in [-0.2, 0) is 0 Å². The molecule has 0 aliphatic rings. The van der Waals surface area contributed by atoms with Gasteiger partial charge in [0.15, 0.2) is 11.0 Å². The summed E-state index contributed by atoms with van der Waals surface area (Å²) in [6.45, 7) is 4.15. The Kier molecular flexibility index (Phi) is 3.06. The van der Waals surface area contributed by atoms with E-state index >= 15 is 0 Å². The van der Waals surface area contributed by atoms with Crippen molar-refractivity contribution in [2.75, 3.05) is 5.32 Å². The van der Waals surface area contributed by atoms with Gasteiger partial charge in [0.2, 0.25) is 0 Å². The van der Waals surface area contributed by atoms with E-state index in [1.54, 1.807) is 12.1 Å². The summed E-state index contributed by atoms with van der Waals surface area (Å²) >= 11 is 5.67. The maximum Gasteiger partial charge on any atom is 0.153 e. The second kappa shape index (κ2) is 4.49. The van der Waals surface area contributed by atoms with Crippen molar-refractivity contribution in [1.29, 1.82) is 0 Å². The number of nitrogens with one attached hydrogen (secondary N) is 1. The Morgan fingerprint density at radius 1 is 1.06 bits per heavy atom. The molecule has 1 aromatic heterocycles. The highest BCUT2D eigenvalue weighted by molar-refractivity contribution is 6.29. The molecular weight excluding hydrogens is 222 g/mol. The zero-order chi connectivity index (χ0) is 11.5. The van der Waals surface area contributed by atoms with Gasteiger partial charge in [-0.1, -0.05) is 23.7 Å². The number of rotatable bonds is 2. The smallest absolute Gasteiger partial charge is 0.153 e. The molecule has 0 atom stereocenters. The normalized spacial score (nSPS) is 10.2. The molecule has 1 N–H and O–H groups in total. The van der Waals surface area contributed by atoms with E-state index in [0.717, 1.165) is 5.69 Å². The number of hydrogen-bond acceptors (Lipinski definition) is 3. The molecule has 2 aromatic rings. The Labute approximate surface area is 99.5 Å². The molecule has 0 fully saturated rings. The van der Waals surface area contributed by atoms with Gasteiger partial charge in [-0.25, -0.2) is 0 Å². The second-order valence-corrected chi connectivity index (χ2v) is 4.00. The summed E-state index contributed by atoms with van der Waals surface area (Å²) in [6.07, 6.45) is 0. The monoisotopic (exact) mass is 233 g/mol. The van der Waals surface area contributed by atoms with E-state index in [9.17, 15) is 0 Å². The molecule has 0 aliphatic carbocycles. The molecule has 0 spiro atoms. The molecule has 2 rings (SSSR count). The largest absolute Gasteiger partial charge is 0.339 e. The third-order valence-corrected chi connectivity index (χ3v) is 2.70. The Balaban J connectivity index is 2.27. The minimum Gasteiger partial charge on any atom is -0.339 e. The Hall–Kier alpha value is -1.61. The number of anilines is 2. The summed E-state index contributed by atoms with van der Waals surface area (Å²) in [5.74, 6) is 0.693. The minimum absolute atomic E-state index is 0.395. The second-order valence-electron chi connectivity index (χ2n) is 3.61. The van der Waals surface area contributed by atoms with Crippen LogP contribution in [0.4, 0.5) is 11.5 Å². The average Bonchev–Trinajstić information content (AvgIpc) is 2.28. The van der Waals surface area contributed by atoms with Crippen LogP contribution in [0.5, 0.6) is 0 Å². The van der Waals surface area contributed by atoms with E-state index in [1.165, 1.54) is 11.1 Å². The van der Waals surface area contributed by atoms with Gasteiger partial charge in [0.25, 0.3) is 0 Å². The van der Waals surface area contributed by atoms with Gasteiger partial charge in [0, 0.05) is 5.69 Å². The molecule has 0 amide bonds. The van der Waals surface area contributed by atoms with Gasteiger partial charge in [-0.05, 0) is 43.2 Å². The van der Waals surface area contributed by atoms with Crippen LogP contribution < -0.4 is 5.32 Å². The molecule has 0 aliphatic heterocycles. The first-order chi connectivity index (χ1) is 7.66. The molecule has 0 unspecified atom stereocenters. The van der Waals surface area contributed by atoms with Crippen LogP contribution in [0.3, 0.4) is 0 Å². The zero-order valence-corrected chi connectivity index (χ0v) is 9.92. The average molecular weight is 234 g/mol. The lowest BCUT2D eigenvalue weighted by molar-refractivity contribution is 1.04. The first-order valence-corrected chi connectivity index (χ1v) is 5.37. The fraction of sp³-hybridized carbons (Fsp3) is 0.167. The van der Waals surface area contributed by atoms with Crippen molar-refractivity contribution in [3.05, 3.63) is 46.6 Å². The molecule has 0 bridgehead atoms. The third-order valence-electron chi connectivity index (χ3n) is 2.50. The standard InChI is InChI=1S/C12H12ClN3/c1-8-4-3-5-10(9(8)2)14-12-7-6-11(13)15-16-12/h3-7H,1-2H3,(H,14,16). The highest BCUT2D eigenvalue weighted by Crippen LogP contribution is 2.21. The van der Waals surface area contributed by atoms with Gasteiger partial charge in [-0.2, -0.15) is 0 Å². The molecule has 0 radical (unpaired) electrons. The molecule has 0 saturated heterocycles. The summed E-state index contributed by atoms with van der Waals surface area (Å²) in [6, 6.07) is 9.61. The van der Waals surface area contributed by atoms with Gasteiger partial charge in [0.1, 0.15) is 0 Å². The molecule has 4 heteroatoms. The maximum absolute atomic E-state index is 5.67. The molecule has 1 heterocycles. The van der Waals surface area contributed by atoms with E-state index in [-0.39, 0.29) is 0 Å². The predicted octanol–water partition coefficient (Wildman–Crippen LogP) is 3.49. The maximum atomic E-state index is 5.67. The van der Waals surface area contributed by atoms with Crippen LogP contribution in [0.25, 0.3) is 0 Å². The summed E-state index contributed by atoms with van der Waals surface area (Å²) in [5, 5.41) is 11.3. The van der Waals surface area contributed by atoms with Crippen LogP contribution in [0.1, 0.15) is 11.1 Å². The lowest BCUT2D eigenvalue weighted by Gasteiger charge is -2.09. The fourth-order valence-corrected chi connectivity index (χ4v) is 1.51. The Morgan fingerprint density at radius 2 is 1.88 bits per heavy atom. The molecule has 82 valence electrons. The lowest BCUT2D eigenvalue weighted by Crippen LogP contribution is -1.97. The first-order valence-electron chi connectivity index (χ1n) is 4.99. The Bertz CT molecular complexity index is 494. The minimum atomic E-state index is 0.395. The van der Waals surface area contributed by atoms with E-state index in [0.29, 0.717) is 11.0 Å². The van der Waals surface area contributed by atoms with Crippen molar-refractivity contribution in [1.82, 2.24) is 10.2 Å². The number of aromatic nitrogens is 2. The number of hydrogen-bond donors (Lipinski definition) is 1. The van der Waals surface area contributed by atoms with Crippen LogP contribution in [-0.4, -0.2) is 10.2 Å². The fourth-order valence-electron chi connectivity index (χ4n) is 1.41. The third kappa shape index (κ3) is 2.31. The topological polar surface area (TPSA) is 37.8 Å². The molecule has 0 saturated carbocycles. The van der Waals surface area contributed by atoms with E-state index in [4.69, 9.17) is 11.6 Å². The van der Waals surface area contributed by atoms with Crippen LogP contribution >= 0.6 is 11.6 Å². The van der Waals surface area contributed by atoms with Crippen LogP contribution in [0.15, 0.2) is 30.3 Å². The van der Waals surface area contributed by atoms with E-state index in [1.807, 2.05) is 12.1 Å². The molecule has 1 aromatic carbocycles. The summed E-state index contributed by atoms with van der Waals surface area (Å²) < 4.78 is 0. The van der Waals surface area contributed by atoms with Gasteiger partial charge < -0.3 is 5.32 Å². The van der Waals surface area contributed by atoms with Crippen molar-refractivity contribution < 1.29 is 0 Å². The van der Waals surface area contributed by atoms with Crippen molar-refractivity contribution in [2.45, 2.75) is 13.8 Å². The number of aryl methyl sites for hydroxylation is 1. The van der Waals surface area contributed by atoms with Crippen molar-refractivity contribution >= 4 is 23.1 Å². The number of benzene rings is 1. The molecular formula is C12H12ClN3. The predicted molar refractivity (Wildman–Crippen MR) is 66.2 cm³/mol. The SMILES string of the molecule is Cc1cccc(Nc2ccc(Cl)nn2)c1C. The van der Waals surface area contributed by atoms with Crippen molar-refractivity contribution in [3.63, 3.8) is 0 Å². The Morgan fingerprint density at radius 3 is 2.56 bits per heavy atom. The highest BCUT2D eigenvalue weighted by atomic mass is 35.5. The van der Waals surface area contributed by atoms with Gasteiger partial charge in [0.05, 0.1) is 0 Å². The van der Waals surface area contributed by atoms with Crippen LogP contribution in [0.2, 0.25) is 5.15 Å². The first kappa shape index (κ1) is 10.9.